The number of nitrogens with zero attached hydrogens (tertiary/aromatic N) is 1. The average molecular weight is 315 g/mol. The molecule has 3 aromatic rings. The van der Waals surface area contributed by atoms with Crippen LogP contribution < -0.4 is 0 Å². The predicted octanol–water partition coefficient (Wildman–Crippen LogP) is 4.10. The molecule has 0 aliphatic heterocycles. The fourth-order valence-electron chi connectivity index (χ4n) is 3.79. The van der Waals surface area contributed by atoms with Crippen LogP contribution in [0.1, 0.15) is 27.0 Å². The lowest BCUT2D eigenvalue weighted by atomic mass is 9.83. The van der Waals surface area contributed by atoms with Gasteiger partial charge in [0.05, 0.1) is 0 Å². The molecule has 120 valence electrons. The predicted molar refractivity (Wildman–Crippen MR) is 98.7 cm³/mol. The number of carbonyl (C=O) groups is 1. The first-order chi connectivity index (χ1) is 11.6. The Morgan fingerprint density at radius 1 is 0.875 bits per heavy atom. The van der Waals surface area contributed by atoms with E-state index in [-0.39, 0.29) is 5.78 Å². The minimum absolute atomic E-state index is 0.106. The molecule has 0 amide bonds. The van der Waals surface area contributed by atoms with Crippen LogP contribution in [0.15, 0.2) is 60.7 Å². The zero-order chi connectivity index (χ0) is 16.7. The zero-order valence-corrected chi connectivity index (χ0v) is 14.1. The number of ketones is 1. The van der Waals surface area contributed by atoms with Crippen LogP contribution >= 0.6 is 0 Å². The molecule has 0 fully saturated rings. The van der Waals surface area contributed by atoms with Gasteiger partial charge in [-0.15, -0.1) is 0 Å². The molecule has 1 aliphatic rings. The van der Waals surface area contributed by atoms with Crippen molar-refractivity contribution in [1.82, 2.24) is 4.90 Å². The largest absolute Gasteiger partial charge is 0.306 e. The van der Waals surface area contributed by atoms with Crippen LogP contribution in [-0.4, -0.2) is 30.8 Å². The second-order valence-corrected chi connectivity index (χ2v) is 6.83. The van der Waals surface area contributed by atoms with Crippen molar-refractivity contribution < 1.29 is 4.79 Å². The Bertz CT molecular complexity index is 900. The minimum Gasteiger partial charge on any atom is -0.306 e. The number of hydrogen-bond acceptors (Lipinski definition) is 2. The molecule has 0 saturated heterocycles. The molecule has 0 aromatic heterocycles. The maximum absolute atomic E-state index is 13.0. The van der Waals surface area contributed by atoms with Crippen molar-refractivity contribution in [2.75, 3.05) is 14.1 Å². The van der Waals surface area contributed by atoms with E-state index in [1.165, 1.54) is 16.5 Å². The van der Waals surface area contributed by atoms with Gasteiger partial charge in [-0.3, -0.25) is 4.79 Å². The molecule has 3 aromatic carbocycles. The van der Waals surface area contributed by atoms with E-state index in [1.54, 1.807) is 0 Å². The van der Waals surface area contributed by atoms with Gasteiger partial charge in [0.15, 0.2) is 5.78 Å². The van der Waals surface area contributed by atoms with E-state index in [0.29, 0.717) is 6.04 Å². The first kappa shape index (κ1) is 15.1. The van der Waals surface area contributed by atoms with Gasteiger partial charge in [-0.05, 0) is 48.8 Å². The number of rotatable bonds is 3. The molecule has 1 aliphatic carbocycles. The van der Waals surface area contributed by atoms with Crippen LogP contribution in [0.2, 0.25) is 0 Å². The summed E-state index contributed by atoms with van der Waals surface area (Å²) in [5, 5.41) is 2.38. The standard InChI is InChI=1S/C22H21NO/c1-23(2)18-13-16-9-6-10-19-20(12-11-17(14-18)21(16)19)22(24)15-7-4-3-5-8-15/h3-12,18H,13-14H2,1-2H3. The quantitative estimate of drug-likeness (QED) is 0.678. The summed E-state index contributed by atoms with van der Waals surface area (Å²) in [4.78, 5) is 15.2. The topological polar surface area (TPSA) is 20.3 Å². The minimum atomic E-state index is 0.106. The summed E-state index contributed by atoms with van der Waals surface area (Å²) in [7, 11) is 4.28. The van der Waals surface area contributed by atoms with Gasteiger partial charge < -0.3 is 4.90 Å². The fourth-order valence-corrected chi connectivity index (χ4v) is 3.79. The number of hydrogen-bond donors (Lipinski definition) is 0. The van der Waals surface area contributed by atoms with Gasteiger partial charge in [0.25, 0.3) is 0 Å². The Balaban J connectivity index is 1.87. The lowest BCUT2D eigenvalue weighted by Crippen LogP contribution is -2.34. The molecule has 0 saturated carbocycles. The summed E-state index contributed by atoms with van der Waals surface area (Å²) in [6.45, 7) is 0. The van der Waals surface area contributed by atoms with Crippen LogP contribution in [-0.2, 0) is 12.8 Å². The number of carbonyl (C=O) groups excluding carboxylic acids is 1. The van der Waals surface area contributed by atoms with Crippen molar-refractivity contribution >= 4 is 16.6 Å². The van der Waals surface area contributed by atoms with E-state index in [0.717, 1.165) is 29.4 Å². The molecule has 1 atom stereocenters. The van der Waals surface area contributed by atoms with E-state index < -0.39 is 0 Å². The second kappa shape index (κ2) is 5.88. The van der Waals surface area contributed by atoms with Crippen molar-refractivity contribution in [2.24, 2.45) is 0 Å². The van der Waals surface area contributed by atoms with E-state index in [4.69, 9.17) is 0 Å². The van der Waals surface area contributed by atoms with E-state index in [1.807, 2.05) is 36.4 Å². The molecule has 0 spiro atoms. The van der Waals surface area contributed by atoms with Crippen molar-refractivity contribution in [1.29, 1.82) is 0 Å². The summed E-state index contributed by atoms with van der Waals surface area (Å²) in [5.74, 6) is 0.106. The van der Waals surface area contributed by atoms with Crippen LogP contribution in [0.25, 0.3) is 10.8 Å². The molecule has 24 heavy (non-hydrogen) atoms. The molecule has 2 heteroatoms. The van der Waals surface area contributed by atoms with Crippen molar-refractivity contribution in [3.05, 3.63) is 82.9 Å². The van der Waals surface area contributed by atoms with E-state index >= 15 is 0 Å². The second-order valence-electron chi connectivity index (χ2n) is 6.83. The highest BCUT2D eigenvalue weighted by molar-refractivity contribution is 6.17. The van der Waals surface area contributed by atoms with Crippen LogP contribution in [0.3, 0.4) is 0 Å². The van der Waals surface area contributed by atoms with Gasteiger partial charge in [0.1, 0.15) is 0 Å². The van der Waals surface area contributed by atoms with Crippen molar-refractivity contribution in [3.8, 4) is 0 Å². The van der Waals surface area contributed by atoms with Crippen molar-refractivity contribution in [2.45, 2.75) is 18.9 Å². The summed E-state index contributed by atoms with van der Waals surface area (Å²) in [5.41, 5.74) is 4.27. The molecule has 0 radical (unpaired) electrons. The number of likely N-dealkylation sites (N-methyl/N-ethyl adjacent to an activating group) is 1. The van der Waals surface area contributed by atoms with Gasteiger partial charge >= 0.3 is 0 Å². The first-order valence-corrected chi connectivity index (χ1v) is 8.45. The highest BCUT2D eigenvalue weighted by Crippen LogP contribution is 2.33. The number of benzene rings is 3. The lowest BCUT2D eigenvalue weighted by Gasteiger charge is -2.30. The van der Waals surface area contributed by atoms with Gasteiger partial charge in [-0.25, -0.2) is 0 Å². The van der Waals surface area contributed by atoms with Gasteiger partial charge in [0.2, 0.25) is 0 Å². The Hall–Kier alpha value is -2.45. The lowest BCUT2D eigenvalue weighted by molar-refractivity contribution is 0.104. The van der Waals surface area contributed by atoms with Gasteiger partial charge in [0, 0.05) is 17.2 Å². The summed E-state index contributed by atoms with van der Waals surface area (Å²) in [6, 6.07) is 20.6. The molecule has 0 heterocycles. The molecule has 0 bridgehead atoms. The van der Waals surface area contributed by atoms with Gasteiger partial charge in [-0.1, -0.05) is 60.7 Å². The Morgan fingerprint density at radius 2 is 1.58 bits per heavy atom. The fraction of sp³-hybridized carbons (Fsp3) is 0.227. The van der Waals surface area contributed by atoms with Crippen LogP contribution in [0, 0.1) is 0 Å². The smallest absolute Gasteiger partial charge is 0.193 e. The normalized spacial score (nSPS) is 16.5. The van der Waals surface area contributed by atoms with E-state index in [9.17, 15) is 4.79 Å². The molecule has 0 N–H and O–H groups in total. The van der Waals surface area contributed by atoms with E-state index in [2.05, 4.69) is 43.3 Å². The maximum atomic E-state index is 13.0. The third-order valence-electron chi connectivity index (χ3n) is 5.14. The molecular weight excluding hydrogens is 294 g/mol. The van der Waals surface area contributed by atoms with Crippen LogP contribution in [0.5, 0.6) is 0 Å². The molecule has 1 unspecified atom stereocenters. The Morgan fingerprint density at radius 3 is 2.29 bits per heavy atom. The van der Waals surface area contributed by atoms with Crippen LogP contribution in [0.4, 0.5) is 0 Å². The Kier molecular flexibility index (Phi) is 3.70. The Labute approximate surface area is 142 Å². The SMILES string of the molecule is CN(C)C1Cc2cccc3c(C(=O)c4ccccc4)ccc(c23)C1. The molecular formula is C22H21NO. The van der Waals surface area contributed by atoms with Crippen molar-refractivity contribution in [3.63, 3.8) is 0 Å². The monoisotopic (exact) mass is 315 g/mol. The first-order valence-electron chi connectivity index (χ1n) is 8.45. The maximum Gasteiger partial charge on any atom is 0.193 e. The zero-order valence-electron chi connectivity index (χ0n) is 14.1. The summed E-state index contributed by atoms with van der Waals surface area (Å²) < 4.78 is 0. The summed E-state index contributed by atoms with van der Waals surface area (Å²) >= 11 is 0. The summed E-state index contributed by atoms with van der Waals surface area (Å²) in [6.07, 6.45) is 2.08. The third kappa shape index (κ3) is 2.44. The average Bonchev–Trinajstić information content (AvgIpc) is 2.62. The third-order valence-corrected chi connectivity index (χ3v) is 5.14. The highest BCUT2D eigenvalue weighted by atomic mass is 16.1. The molecule has 4 rings (SSSR count). The highest BCUT2D eigenvalue weighted by Gasteiger charge is 2.24. The van der Waals surface area contributed by atoms with Gasteiger partial charge in [-0.2, -0.15) is 0 Å². The molecule has 2 nitrogen and oxygen atoms in total.